The predicted octanol–water partition coefficient (Wildman–Crippen LogP) is -0.473. The number of rotatable bonds is 1. The second-order valence-corrected chi connectivity index (χ2v) is 3.34. The molecule has 0 bridgehead atoms. The summed E-state index contributed by atoms with van der Waals surface area (Å²) >= 11 is 0. The van der Waals surface area contributed by atoms with Crippen LogP contribution < -0.4 is 5.32 Å². The molecule has 1 aliphatic rings. The van der Waals surface area contributed by atoms with Crippen molar-refractivity contribution in [1.82, 2.24) is 10.2 Å². The van der Waals surface area contributed by atoms with Crippen molar-refractivity contribution in [2.45, 2.75) is 18.9 Å². The maximum Gasteiger partial charge on any atom is 0.326 e. The van der Waals surface area contributed by atoms with E-state index in [1.165, 1.54) is 0 Å². The Bertz CT molecular complexity index is 189. The molecule has 2 N–H and O–H groups in total. The molecule has 76 valence electrons. The Morgan fingerprint density at radius 3 is 2.15 bits per heavy atom. The maximum absolute atomic E-state index is 10.4. The van der Waals surface area contributed by atoms with Crippen LogP contribution in [0.5, 0.6) is 0 Å². The highest BCUT2D eigenvalue weighted by molar-refractivity contribution is 5.87. The topological polar surface area (TPSA) is 69.6 Å². The first-order chi connectivity index (χ1) is 5.93. The number of carboxylic acid groups (broad SMARTS) is 1. The van der Waals surface area contributed by atoms with Gasteiger partial charge in [0, 0.05) is 6.42 Å². The molecule has 13 heavy (non-hydrogen) atoms. The first kappa shape index (κ1) is 11.9. The molecule has 0 radical (unpaired) electrons. The summed E-state index contributed by atoms with van der Waals surface area (Å²) in [5, 5.41) is 10.6. The van der Waals surface area contributed by atoms with Crippen LogP contribution in [0.4, 0.5) is 0 Å². The van der Waals surface area contributed by atoms with Crippen LogP contribution >= 0.6 is 0 Å². The third-order valence-corrected chi connectivity index (χ3v) is 1.29. The number of carboxylic acids is 1. The van der Waals surface area contributed by atoms with Gasteiger partial charge in [0.2, 0.25) is 5.91 Å². The van der Waals surface area contributed by atoms with Crippen molar-refractivity contribution < 1.29 is 14.7 Å². The zero-order valence-electron chi connectivity index (χ0n) is 8.20. The van der Waals surface area contributed by atoms with Crippen molar-refractivity contribution in [2.24, 2.45) is 0 Å². The molecule has 1 fully saturated rings. The van der Waals surface area contributed by atoms with Crippen LogP contribution in [-0.2, 0) is 9.59 Å². The minimum atomic E-state index is -0.944. The predicted molar refractivity (Wildman–Crippen MR) is 48.4 cm³/mol. The van der Waals surface area contributed by atoms with Crippen LogP contribution in [0, 0.1) is 0 Å². The first-order valence-corrected chi connectivity index (χ1v) is 4.06. The number of aliphatic carboxylic acids is 1. The largest absolute Gasteiger partial charge is 0.480 e. The van der Waals surface area contributed by atoms with Gasteiger partial charge in [-0.25, -0.2) is 4.79 Å². The van der Waals surface area contributed by atoms with Gasteiger partial charge in [0.25, 0.3) is 0 Å². The number of amides is 1. The number of hydrogen-bond acceptors (Lipinski definition) is 3. The molecule has 0 spiro atoms. The molecular formula is C8H16N2O3. The van der Waals surface area contributed by atoms with Crippen molar-refractivity contribution in [1.29, 1.82) is 0 Å². The van der Waals surface area contributed by atoms with E-state index in [0.717, 1.165) is 0 Å². The zero-order valence-corrected chi connectivity index (χ0v) is 8.20. The Kier molecular flexibility index (Phi) is 5.06. The van der Waals surface area contributed by atoms with Crippen LogP contribution in [0.1, 0.15) is 12.8 Å². The van der Waals surface area contributed by atoms with Gasteiger partial charge in [-0.1, -0.05) is 0 Å². The van der Waals surface area contributed by atoms with Crippen LogP contribution in [0.25, 0.3) is 0 Å². The van der Waals surface area contributed by atoms with E-state index in [1.54, 1.807) is 0 Å². The summed E-state index contributed by atoms with van der Waals surface area (Å²) in [4.78, 5) is 22.5. The van der Waals surface area contributed by atoms with Gasteiger partial charge in [0.1, 0.15) is 6.04 Å². The quantitative estimate of drug-likeness (QED) is 0.583. The van der Waals surface area contributed by atoms with Gasteiger partial charge in [0.05, 0.1) is 0 Å². The molecule has 1 amide bonds. The molecule has 5 nitrogen and oxygen atoms in total. The number of carbonyl (C=O) groups excluding carboxylic acids is 1. The minimum absolute atomic E-state index is 0.164. The van der Waals surface area contributed by atoms with Gasteiger partial charge < -0.3 is 15.3 Å². The van der Waals surface area contributed by atoms with Gasteiger partial charge in [0.15, 0.2) is 0 Å². The van der Waals surface area contributed by atoms with Crippen LogP contribution in [0.2, 0.25) is 0 Å². The second-order valence-electron chi connectivity index (χ2n) is 3.34. The van der Waals surface area contributed by atoms with Gasteiger partial charge in [-0.15, -0.1) is 0 Å². The molecule has 1 aliphatic heterocycles. The summed E-state index contributed by atoms with van der Waals surface area (Å²) in [6.45, 7) is 0. The van der Waals surface area contributed by atoms with Gasteiger partial charge >= 0.3 is 5.97 Å². The van der Waals surface area contributed by atoms with Gasteiger partial charge in [-0.05, 0) is 27.6 Å². The maximum atomic E-state index is 10.4. The van der Waals surface area contributed by atoms with Crippen molar-refractivity contribution in [2.75, 3.05) is 21.1 Å². The molecule has 5 heteroatoms. The average molecular weight is 188 g/mol. The lowest BCUT2D eigenvalue weighted by Gasteiger charge is -1.99. The lowest BCUT2D eigenvalue weighted by Crippen LogP contribution is -2.32. The normalized spacial score (nSPS) is 20.6. The molecule has 0 aromatic rings. The summed E-state index contributed by atoms with van der Waals surface area (Å²) in [5.41, 5.74) is 0. The van der Waals surface area contributed by atoms with E-state index in [4.69, 9.17) is 5.11 Å². The lowest BCUT2D eigenvalue weighted by atomic mass is 10.2. The second kappa shape index (κ2) is 5.53. The highest BCUT2D eigenvalue weighted by Gasteiger charge is 2.26. The fourth-order valence-corrected chi connectivity index (χ4v) is 0.799. The monoisotopic (exact) mass is 188 g/mol. The molecule has 0 unspecified atom stereocenters. The van der Waals surface area contributed by atoms with Crippen molar-refractivity contribution >= 4 is 11.9 Å². The molecule has 0 aromatic carbocycles. The van der Waals surface area contributed by atoms with Crippen LogP contribution in [0.3, 0.4) is 0 Å². The number of hydrogen-bond donors (Lipinski definition) is 2. The fraction of sp³-hybridized carbons (Fsp3) is 0.750. The highest BCUT2D eigenvalue weighted by atomic mass is 16.4. The SMILES string of the molecule is CN(C)C.O=C1CC[C@@H](C(=O)O)N1. The smallest absolute Gasteiger partial charge is 0.326 e. The van der Waals surface area contributed by atoms with E-state index in [1.807, 2.05) is 26.0 Å². The molecule has 1 heterocycles. The Labute approximate surface area is 77.7 Å². The third-order valence-electron chi connectivity index (χ3n) is 1.29. The van der Waals surface area contributed by atoms with E-state index in [-0.39, 0.29) is 5.91 Å². The highest BCUT2D eigenvalue weighted by Crippen LogP contribution is 2.05. The molecule has 0 saturated carbocycles. The van der Waals surface area contributed by atoms with E-state index in [9.17, 15) is 9.59 Å². The third kappa shape index (κ3) is 6.10. The van der Waals surface area contributed by atoms with E-state index in [0.29, 0.717) is 12.8 Å². The van der Waals surface area contributed by atoms with Gasteiger partial charge in [-0.3, -0.25) is 4.79 Å². The lowest BCUT2D eigenvalue weighted by molar-refractivity contribution is -0.140. The Morgan fingerprint density at radius 1 is 1.54 bits per heavy atom. The first-order valence-electron chi connectivity index (χ1n) is 4.06. The molecule has 1 atom stereocenters. The Balaban J connectivity index is 0.000000310. The number of carbonyl (C=O) groups is 2. The molecule has 1 saturated heterocycles. The summed E-state index contributed by atoms with van der Waals surface area (Å²) in [6.07, 6.45) is 0.769. The fourth-order valence-electron chi connectivity index (χ4n) is 0.799. The van der Waals surface area contributed by atoms with Crippen LogP contribution in [0.15, 0.2) is 0 Å². The van der Waals surface area contributed by atoms with Gasteiger partial charge in [-0.2, -0.15) is 0 Å². The summed E-state index contributed by atoms with van der Waals surface area (Å²) in [6, 6.07) is -0.641. The number of nitrogens with one attached hydrogen (secondary N) is 1. The Hall–Kier alpha value is -1.10. The summed E-state index contributed by atoms with van der Waals surface area (Å²) < 4.78 is 0. The summed E-state index contributed by atoms with van der Waals surface area (Å²) in [7, 11) is 6.00. The average Bonchev–Trinajstić information content (AvgIpc) is 2.34. The summed E-state index contributed by atoms with van der Waals surface area (Å²) in [5.74, 6) is -1.11. The molecule has 0 aromatic heterocycles. The molecule has 1 rings (SSSR count). The molecular weight excluding hydrogens is 172 g/mol. The van der Waals surface area contributed by atoms with Crippen LogP contribution in [-0.4, -0.2) is 49.1 Å². The van der Waals surface area contributed by atoms with E-state index in [2.05, 4.69) is 5.32 Å². The zero-order chi connectivity index (χ0) is 10.4. The minimum Gasteiger partial charge on any atom is -0.480 e. The Morgan fingerprint density at radius 2 is 2.00 bits per heavy atom. The standard InChI is InChI=1S/C5H7NO3.C3H9N/c7-4-2-1-3(6-4)5(8)9;1-4(2)3/h3H,1-2H2,(H,6,7)(H,8,9);1-3H3/t3-;/m0./s1. The van der Waals surface area contributed by atoms with Crippen molar-refractivity contribution in [3.63, 3.8) is 0 Å². The van der Waals surface area contributed by atoms with E-state index >= 15 is 0 Å². The number of nitrogens with zero attached hydrogens (tertiary/aromatic N) is 1. The van der Waals surface area contributed by atoms with Crippen molar-refractivity contribution in [3.05, 3.63) is 0 Å². The van der Waals surface area contributed by atoms with E-state index < -0.39 is 12.0 Å². The molecule has 0 aliphatic carbocycles. The van der Waals surface area contributed by atoms with Crippen molar-refractivity contribution in [3.8, 4) is 0 Å².